The second-order valence-corrected chi connectivity index (χ2v) is 4.98. The van der Waals surface area contributed by atoms with Crippen molar-refractivity contribution < 1.29 is 4.79 Å². The summed E-state index contributed by atoms with van der Waals surface area (Å²) in [6.45, 7) is 4.21. The summed E-state index contributed by atoms with van der Waals surface area (Å²) in [5.74, 6) is -0.525. The number of aromatic nitrogens is 1. The SMILES string of the molecule is CC(C)c1ccc(C(=O)C(C#N)c2ccncc2)cc1. The molecule has 0 amide bonds. The Balaban J connectivity index is 2.28. The van der Waals surface area contributed by atoms with Crippen molar-refractivity contribution >= 4 is 5.78 Å². The first-order valence-corrected chi connectivity index (χ1v) is 6.57. The first-order chi connectivity index (χ1) is 9.63. The van der Waals surface area contributed by atoms with E-state index in [4.69, 9.17) is 0 Å². The number of carbonyl (C=O) groups is 1. The second-order valence-electron chi connectivity index (χ2n) is 4.98. The van der Waals surface area contributed by atoms with Gasteiger partial charge in [0.05, 0.1) is 6.07 Å². The third-order valence-electron chi connectivity index (χ3n) is 3.29. The third-order valence-corrected chi connectivity index (χ3v) is 3.29. The number of Topliss-reactive ketones (excluding diaryl/α,β-unsaturated/α-hetero) is 1. The average Bonchev–Trinajstić information content (AvgIpc) is 2.49. The molecule has 0 saturated heterocycles. The lowest BCUT2D eigenvalue weighted by Gasteiger charge is -2.10. The van der Waals surface area contributed by atoms with Gasteiger partial charge in [-0.15, -0.1) is 0 Å². The molecule has 0 spiro atoms. The van der Waals surface area contributed by atoms with Crippen molar-refractivity contribution in [2.45, 2.75) is 25.7 Å². The predicted octanol–water partition coefficient (Wildman–Crippen LogP) is 3.70. The Morgan fingerprint density at radius 1 is 1.05 bits per heavy atom. The van der Waals surface area contributed by atoms with Gasteiger partial charge in [-0.25, -0.2) is 0 Å². The van der Waals surface area contributed by atoms with Gasteiger partial charge in [-0.05, 0) is 29.2 Å². The summed E-state index contributed by atoms with van der Waals surface area (Å²) in [7, 11) is 0. The summed E-state index contributed by atoms with van der Waals surface area (Å²) in [4.78, 5) is 16.3. The highest BCUT2D eigenvalue weighted by molar-refractivity contribution is 6.02. The van der Waals surface area contributed by atoms with Gasteiger partial charge in [0.2, 0.25) is 0 Å². The summed E-state index contributed by atoms with van der Waals surface area (Å²) in [6, 6.07) is 13.0. The number of rotatable bonds is 4. The fourth-order valence-corrected chi connectivity index (χ4v) is 2.04. The largest absolute Gasteiger partial charge is 0.292 e. The number of carbonyl (C=O) groups excluding carboxylic acids is 1. The molecule has 0 N–H and O–H groups in total. The summed E-state index contributed by atoms with van der Waals surface area (Å²) in [5.41, 5.74) is 2.43. The molecular weight excluding hydrogens is 248 g/mol. The molecular formula is C17H16N2O. The number of hydrogen-bond donors (Lipinski definition) is 0. The molecule has 1 unspecified atom stereocenters. The van der Waals surface area contributed by atoms with Gasteiger partial charge in [0, 0.05) is 18.0 Å². The maximum Gasteiger partial charge on any atom is 0.184 e. The van der Waals surface area contributed by atoms with Crippen molar-refractivity contribution in [3.8, 4) is 6.07 Å². The molecule has 1 aromatic heterocycles. The van der Waals surface area contributed by atoms with E-state index in [1.807, 2.05) is 12.1 Å². The lowest BCUT2D eigenvalue weighted by Crippen LogP contribution is -2.11. The molecule has 0 aliphatic heterocycles. The van der Waals surface area contributed by atoms with Crippen molar-refractivity contribution in [1.29, 1.82) is 5.26 Å². The Kier molecular flexibility index (Phi) is 4.27. The molecule has 1 atom stereocenters. The van der Waals surface area contributed by atoms with Gasteiger partial charge in [0.25, 0.3) is 0 Å². The van der Waals surface area contributed by atoms with Gasteiger partial charge >= 0.3 is 0 Å². The first-order valence-electron chi connectivity index (χ1n) is 6.57. The minimum atomic E-state index is -0.775. The Hall–Kier alpha value is -2.47. The lowest BCUT2D eigenvalue weighted by molar-refractivity contribution is 0.0979. The number of ketones is 1. The minimum Gasteiger partial charge on any atom is -0.292 e. The van der Waals surface area contributed by atoms with E-state index in [-0.39, 0.29) is 5.78 Å². The van der Waals surface area contributed by atoms with E-state index < -0.39 is 5.92 Å². The van der Waals surface area contributed by atoms with E-state index in [1.54, 1.807) is 36.7 Å². The van der Waals surface area contributed by atoms with Gasteiger partial charge in [0.15, 0.2) is 5.78 Å². The summed E-state index contributed by atoms with van der Waals surface area (Å²) in [5, 5.41) is 9.26. The van der Waals surface area contributed by atoms with E-state index in [9.17, 15) is 10.1 Å². The standard InChI is InChI=1S/C17H16N2O/c1-12(2)13-3-5-15(6-4-13)17(20)16(11-18)14-7-9-19-10-8-14/h3-10,12,16H,1-2H3. The van der Waals surface area contributed by atoms with Crippen LogP contribution in [0.15, 0.2) is 48.8 Å². The molecule has 2 aromatic rings. The summed E-state index contributed by atoms with van der Waals surface area (Å²) >= 11 is 0. The van der Waals surface area contributed by atoms with Crippen LogP contribution in [0, 0.1) is 11.3 Å². The summed E-state index contributed by atoms with van der Waals surface area (Å²) in [6.07, 6.45) is 3.18. The molecule has 0 saturated carbocycles. The van der Waals surface area contributed by atoms with Gasteiger partial charge in [-0.3, -0.25) is 9.78 Å². The van der Waals surface area contributed by atoms with Crippen LogP contribution in [0.3, 0.4) is 0 Å². The van der Waals surface area contributed by atoms with Crippen molar-refractivity contribution in [2.24, 2.45) is 0 Å². The third kappa shape index (κ3) is 2.92. The van der Waals surface area contributed by atoms with E-state index >= 15 is 0 Å². The Morgan fingerprint density at radius 2 is 1.65 bits per heavy atom. The molecule has 0 aliphatic rings. The van der Waals surface area contributed by atoms with Crippen LogP contribution >= 0.6 is 0 Å². The van der Waals surface area contributed by atoms with Gasteiger partial charge in [-0.2, -0.15) is 5.26 Å². The van der Waals surface area contributed by atoms with Crippen molar-refractivity contribution in [3.05, 3.63) is 65.5 Å². The monoisotopic (exact) mass is 264 g/mol. The molecule has 0 aliphatic carbocycles. The minimum absolute atomic E-state index is 0.172. The van der Waals surface area contributed by atoms with E-state index in [0.717, 1.165) is 0 Å². The quantitative estimate of drug-likeness (QED) is 0.791. The molecule has 2 rings (SSSR count). The highest BCUT2D eigenvalue weighted by Crippen LogP contribution is 2.21. The van der Waals surface area contributed by atoms with Gasteiger partial charge < -0.3 is 0 Å². The fourth-order valence-electron chi connectivity index (χ4n) is 2.04. The number of hydrogen-bond acceptors (Lipinski definition) is 3. The van der Waals surface area contributed by atoms with E-state index in [1.165, 1.54) is 5.56 Å². The zero-order valence-corrected chi connectivity index (χ0v) is 11.6. The highest BCUT2D eigenvalue weighted by Gasteiger charge is 2.21. The Morgan fingerprint density at radius 3 is 2.15 bits per heavy atom. The number of benzene rings is 1. The highest BCUT2D eigenvalue weighted by atomic mass is 16.1. The van der Waals surface area contributed by atoms with Crippen LogP contribution in [0.4, 0.5) is 0 Å². The predicted molar refractivity (Wildman–Crippen MR) is 77.5 cm³/mol. The molecule has 1 heterocycles. The topological polar surface area (TPSA) is 53.8 Å². The molecule has 3 heteroatoms. The van der Waals surface area contributed by atoms with Crippen LogP contribution in [-0.4, -0.2) is 10.8 Å². The number of nitrogens with zero attached hydrogens (tertiary/aromatic N) is 2. The van der Waals surface area contributed by atoms with Crippen LogP contribution in [0.5, 0.6) is 0 Å². The molecule has 1 aromatic carbocycles. The van der Waals surface area contributed by atoms with Crippen molar-refractivity contribution in [3.63, 3.8) is 0 Å². The van der Waals surface area contributed by atoms with Crippen molar-refractivity contribution in [1.82, 2.24) is 4.98 Å². The van der Waals surface area contributed by atoms with Gasteiger partial charge in [0.1, 0.15) is 5.92 Å². The lowest BCUT2D eigenvalue weighted by atomic mass is 9.91. The molecule has 100 valence electrons. The Bertz CT molecular complexity index is 624. The molecule has 20 heavy (non-hydrogen) atoms. The van der Waals surface area contributed by atoms with Crippen LogP contribution in [0.25, 0.3) is 0 Å². The molecule has 0 radical (unpaired) electrons. The molecule has 0 bridgehead atoms. The average molecular weight is 264 g/mol. The maximum absolute atomic E-state index is 12.4. The number of nitriles is 1. The Labute approximate surface area is 118 Å². The normalized spacial score (nSPS) is 11.9. The zero-order valence-electron chi connectivity index (χ0n) is 11.6. The maximum atomic E-state index is 12.4. The van der Waals surface area contributed by atoms with Crippen LogP contribution in [-0.2, 0) is 0 Å². The van der Waals surface area contributed by atoms with Crippen LogP contribution in [0.2, 0.25) is 0 Å². The van der Waals surface area contributed by atoms with E-state index in [2.05, 4.69) is 24.9 Å². The van der Waals surface area contributed by atoms with Crippen LogP contribution < -0.4 is 0 Å². The van der Waals surface area contributed by atoms with Gasteiger partial charge in [-0.1, -0.05) is 38.1 Å². The molecule has 3 nitrogen and oxygen atoms in total. The first kappa shape index (κ1) is 14.0. The zero-order chi connectivity index (χ0) is 14.5. The van der Waals surface area contributed by atoms with Crippen molar-refractivity contribution in [2.75, 3.05) is 0 Å². The number of pyridine rings is 1. The van der Waals surface area contributed by atoms with E-state index in [0.29, 0.717) is 17.0 Å². The smallest absolute Gasteiger partial charge is 0.184 e. The fraction of sp³-hybridized carbons (Fsp3) is 0.235. The van der Waals surface area contributed by atoms with Crippen LogP contribution in [0.1, 0.15) is 47.2 Å². The molecule has 0 fully saturated rings. The summed E-state index contributed by atoms with van der Waals surface area (Å²) < 4.78 is 0. The second kappa shape index (κ2) is 6.12.